The number of ether oxygens (including phenoxy) is 1. The average Bonchev–Trinajstić information content (AvgIpc) is 2.36. The summed E-state index contributed by atoms with van der Waals surface area (Å²) in [7, 11) is -4.97. The Bertz CT molecular complexity index is 649. The molecule has 116 valence electrons. The molecule has 8 nitrogen and oxygen atoms in total. The Morgan fingerprint density at radius 1 is 1.29 bits per heavy atom. The first kappa shape index (κ1) is 17.1. The van der Waals surface area contributed by atoms with E-state index in [1.54, 1.807) is 6.92 Å². The number of aliphatic hydroxyl groups excluding tert-OH is 1. The first-order chi connectivity index (χ1) is 9.68. The fraction of sp³-hybridized carbons (Fsp3) is 0.333. The summed E-state index contributed by atoms with van der Waals surface area (Å²) in [6, 6.07) is 3.03. The van der Waals surface area contributed by atoms with E-state index in [1.165, 1.54) is 0 Å². The molecule has 3 N–H and O–H groups in total. The van der Waals surface area contributed by atoms with Crippen LogP contribution in [0.3, 0.4) is 0 Å². The van der Waals surface area contributed by atoms with Crippen molar-refractivity contribution in [3.05, 3.63) is 29.3 Å². The van der Waals surface area contributed by atoms with Gasteiger partial charge < -0.3 is 14.9 Å². The van der Waals surface area contributed by atoms with Crippen LogP contribution < -0.4 is 0 Å². The van der Waals surface area contributed by atoms with Crippen molar-refractivity contribution in [1.29, 1.82) is 0 Å². The minimum absolute atomic E-state index is 0.131. The normalized spacial score (nSPS) is 12.7. The molecule has 0 aliphatic rings. The van der Waals surface area contributed by atoms with Gasteiger partial charge in [-0.25, -0.2) is 9.59 Å². The molecule has 0 amide bonds. The maximum Gasteiger partial charge on any atom is 0.341 e. The third-order valence-corrected chi connectivity index (χ3v) is 3.46. The molecule has 1 aromatic carbocycles. The number of rotatable bonds is 6. The van der Waals surface area contributed by atoms with Gasteiger partial charge in [-0.05, 0) is 12.1 Å². The van der Waals surface area contributed by atoms with Crippen LogP contribution in [-0.4, -0.2) is 41.4 Å². The molecule has 1 aromatic rings. The van der Waals surface area contributed by atoms with E-state index < -0.39 is 44.4 Å². The van der Waals surface area contributed by atoms with Gasteiger partial charge in [0.2, 0.25) is 6.29 Å². The number of hydrogen-bond donors (Lipinski definition) is 3. The van der Waals surface area contributed by atoms with Crippen molar-refractivity contribution >= 4 is 22.1 Å². The van der Waals surface area contributed by atoms with Crippen LogP contribution in [0.2, 0.25) is 0 Å². The van der Waals surface area contributed by atoms with Crippen LogP contribution >= 0.6 is 0 Å². The molecular weight excluding hydrogens is 304 g/mol. The zero-order valence-corrected chi connectivity index (χ0v) is 11.8. The SMILES string of the molecule is CCCC(O)OC(=O)c1cccc(C(=O)O)c1S(=O)(=O)O. The van der Waals surface area contributed by atoms with Crippen LogP contribution in [-0.2, 0) is 14.9 Å². The number of carbonyl (C=O) groups excluding carboxylic acids is 1. The lowest BCUT2D eigenvalue weighted by molar-refractivity contribution is -0.0688. The maximum atomic E-state index is 11.8. The van der Waals surface area contributed by atoms with Gasteiger partial charge in [-0.2, -0.15) is 8.42 Å². The van der Waals surface area contributed by atoms with Crippen LogP contribution in [0.4, 0.5) is 0 Å². The number of hydrogen-bond acceptors (Lipinski definition) is 6. The molecule has 1 atom stereocenters. The van der Waals surface area contributed by atoms with E-state index in [1.807, 2.05) is 0 Å². The largest absolute Gasteiger partial charge is 0.478 e. The second kappa shape index (κ2) is 6.66. The maximum absolute atomic E-state index is 11.8. The highest BCUT2D eigenvalue weighted by molar-refractivity contribution is 7.86. The fourth-order valence-electron chi connectivity index (χ4n) is 1.64. The minimum atomic E-state index is -4.97. The van der Waals surface area contributed by atoms with E-state index in [9.17, 15) is 23.1 Å². The van der Waals surface area contributed by atoms with Gasteiger partial charge in [0.25, 0.3) is 10.1 Å². The van der Waals surface area contributed by atoms with Crippen molar-refractivity contribution in [2.45, 2.75) is 31.0 Å². The molecule has 0 radical (unpaired) electrons. The molecule has 0 bridgehead atoms. The van der Waals surface area contributed by atoms with Gasteiger partial charge in [0.1, 0.15) is 4.90 Å². The Kier molecular flexibility index (Phi) is 5.41. The van der Waals surface area contributed by atoms with Crippen LogP contribution in [0.5, 0.6) is 0 Å². The summed E-state index contributed by atoms with van der Waals surface area (Å²) in [5.74, 6) is -2.88. The number of aliphatic hydroxyl groups is 1. The number of carboxylic acids is 1. The van der Waals surface area contributed by atoms with Gasteiger partial charge >= 0.3 is 11.9 Å². The van der Waals surface area contributed by atoms with Gasteiger partial charge in [-0.1, -0.05) is 19.4 Å². The predicted molar refractivity (Wildman–Crippen MR) is 69.5 cm³/mol. The molecule has 0 spiro atoms. The molecule has 9 heteroatoms. The minimum Gasteiger partial charge on any atom is -0.478 e. The van der Waals surface area contributed by atoms with Crippen molar-refractivity contribution in [3.63, 3.8) is 0 Å². The van der Waals surface area contributed by atoms with E-state index in [2.05, 4.69) is 4.74 Å². The van der Waals surface area contributed by atoms with E-state index >= 15 is 0 Å². The number of benzene rings is 1. The quantitative estimate of drug-likeness (QED) is 0.399. The predicted octanol–water partition coefficient (Wildman–Crippen LogP) is 0.907. The van der Waals surface area contributed by atoms with E-state index in [0.717, 1.165) is 18.2 Å². The highest BCUT2D eigenvalue weighted by Gasteiger charge is 2.28. The third kappa shape index (κ3) is 4.25. The topological polar surface area (TPSA) is 138 Å². The first-order valence-electron chi connectivity index (χ1n) is 5.91. The summed E-state index contributed by atoms with van der Waals surface area (Å²) in [6.07, 6.45) is -0.814. The van der Waals surface area contributed by atoms with Crippen molar-refractivity contribution in [2.75, 3.05) is 0 Å². The number of carbonyl (C=O) groups is 2. The molecule has 1 rings (SSSR count). The van der Waals surface area contributed by atoms with Gasteiger partial charge in [-0.3, -0.25) is 4.55 Å². The van der Waals surface area contributed by atoms with Gasteiger partial charge in [0, 0.05) is 6.42 Å². The fourth-order valence-corrected chi connectivity index (χ4v) is 2.50. The number of esters is 1. The van der Waals surface area contributed by atoms with E-state index in [4.69, 9.17) is 9.66 Å². The Morgan fingerprint density at radius 3 is 2.33 bits per heavy atom. The molecule has 1 unspecified atom stereocenters. The standard InChI is InChI=1S/C12H14O8S/c1-2-4-9(13)20-12(16)8-6-3-5-7(11(14)15)10(8)21(17,18)19/h3,5-6,9,13H,2,4H2,1H3,(H,14,15)(H,17,18,19). The molecule has 0 aliphatic heterocycles. The molecule has 0 aromatic heterocycles. The second-order valence-corrected chi connectivity index (χ2v) is 5.47. The highest BCUT2D eigenvalue weighted by Crippen LogP contribution is 2.22. The van der Waals surface area contributed by atoms with Gasteiger partial charge in [0.15, 0.2) is 0 Å². The summed E-state index contributed by atoms with van der Waals surface area (Å²) >= 11 is 0. The summed E-state index contributed by atoms with van der Waals surface area (Å²) in [5, 5.41) is 18.3. The van der Waals surface area contributed by atoms with Crippen molar-refractivity contribution in [2.24, 2.45) is 0 Å². The van der Waals surface area contributed by atoms with Crippen molar-refractivity contribution in [1.82, 2.24) is 0 Å². The van der Waals surface area contributed by atoms with E-state index in [-0.39, 0.29) is 6.42 Å². The van der Waals surface area contributed by atoms with Crippen LogP contribution in [0.1, 0.15) is 40.5 Å². The zero-order chi connectivity index (χ0) is 16.2. The van der Waals surface area contributed by atoms with Crippen molar-refractivity contribution < 1.29 is 37.5 Å². The molecule has 0 saturated heterocycles. The summed E-state index contributed by atoms with van der Waals surface area (Å²) in [4.78, 5) is 21.7. The lowest BCUT2D eigenvalue weighted by Gasteiger charge is -2.13. The van der Waals surface area contributed by atoms with Crippen molar-refractivity contribution in [3.8, 4) is 0 Å². The number of carboxylic acid groups (broad SMARTS) is 1. The molecule has 21 heavy (non-hydrogen) atoms. The van der Waals surface area contributed by atoms with Crippen LogP contribution in [0.15, 0.2) is 23.1 Å². The molecule has 0 aliphatic carbocycles. The summed E-state index contributed by atoms with van der Waals surface area (Å²) in [6.45, 7) is 1.73. The Labute approximate surface area is 120 Å². The molecule has 0 heterocycles. The Morgan fingerprint density at radius 2 is 1.86 bits per heavy atom. The van der Waals surface area contributed by atoms with Crippen LogP contribution in [0, 0.1) is 0 Å². The van der Waals surface area contributed by atoms with Crippen LogP contribution in [0.25, 0.3) is 0 Å². The van der Waals surface area contributed by atoms with E-state index in [0.29, 0.717) is 6.42 Å². The summed E-state index contributed by atoms with van der Waals surface area (Å²) in [5.41, 5.74) is -1.43. The zero-order valence-electron chi connectivity index (χ0n) is 11.0. The lowest BCUT2D eigenvalue weighted by Crippen LogP contribution is -2.21. The molecular formula is C12H14O8S. The highest BCUT2D eigenvalue weighted by atomic mass is 32.2. The number of aromatic carboxylic acids is 1. The summed E-state index contributed by atoms with van der Waals surface area (Å²) < 4.78 is 36.4. The third-order valence-electron chi connectivity index (χ3n) is 2.50. The second-order valence-electron chi connectivity index (χ2n) is 4.11. The average molecular weight is 318 g/mol. The smallest absolute Gasteiger partial charge is 0.341 e. The molecule has 0 fully saturated rings. The van der Waals surface area contributed by atoms with Gasteiger partial charge in [-0.15, -0.1) is 0 Å². The Balaban J connectivity index is 3.33. The monoisotopic (exact) mass is 318 g/mol. The van der Waals surface area contributed by atoms with Gasteiger partial charge in [0.05, 0.1) is 11.1 Å². The first-order valence-corrected chi connectivity index (χ1v) is 7.35. The Hall–Kier alpha value is -1.97. The molecule has 0 saturated carbocycles. The lowest BCUT2D eigenvalue weighted by atomic mass is 10.1.